The minimum atomic E-state index is -0.432. The number of likely N-dealkylation sites (N-methyl/N-ethyl adjacent to an activating group) is 2. The molecule has 1 aromatic carbocycles. The fourth-order valence-electron chi connectivity index (χ4n) is 1.81. The van der Waals surface area contributed by atoms with E-state index in [4.69, 9.17) is 5.73 Å². The van der Waals surface area contributed by atoms with Crippen LogP contribution in [0.5, 0.6) is 0 Å². The predicted octanol–water partition coefficient (Wildman–Crippen LogP) is 1.12. The lowest BCUT2D eigenvalue weighted by Crippen LogP contribution is -2.49. The van der Waals surface area contributed by atoms with E-state index in [2.05, 4.69) is 5.32 Å². The zero-order valence-corrected chi connectivity index (χ0v) is 10.8. The third kappa shape index (κ3) is 4.00. The highest BCUT2D eigenvalue weighted by molar-refractivity contribution is 5.80. The normalized spacial score (nSPS) is 12.2. The molecule has 1 atom stereocenters. The summed E-state index contributed by atoms with van der Waals surface area (Å²) in [5, 5.41) is 3.02. The number of primary amides is 1. The number of hydrogen-bond donors (Lipinski definition) is 2. The van der Waals surface area contributed by atoms with Crippen molar-refractivity contribution in [2.45, 2.75) is 19.9 Å². The lowest BCUT2D eigenvalue weighted by molar-refractivity contribution is -0.119. The molecule has 1 aromatic rings. The van der Waals surface area contributed by atoms with Crippen LogP contribution in [0.25, 0.3) is 0 Å². The van der Waals surface area contributed by atoms with Crippen LogP contribution >= 0.6 is 0 Å². The number of rotatable bonds is 7. The summed E-state index contributed by atoms with van der Waals surface area (Å²) in [7, 11) is 0. The molecular weight excluding hydrogens is 233 g/mol. The van der Waals surface area contributed by atoms with Gasteiger partial charge in [0.2, 0.25) is 5.91 Å². The molecule has 1 amide bonds. The van der Waals surface area contributed by atoms with E-state index in [0.717, 1.165) is 5.69 Å². The SMILES string of the molecule is CCNC(CN(CC)c1cccc(F)c1)C(N)=O. The second-order valence-corrected chi connectivity index (χ2v) is 4.03. The van der Waals surface area contributed by atoms with Crippen molar-refractivity contribution < 1.29 is 9.18 Å². The monoisotopic (exact) mass is 253 g/mol. The van der Waals surface area contributed by atoms with Crippen LogP contribution < -0.4 is 16.0 Å². The van der Waals surface area contributed by atoms with Gasteiger partial charge in [0.05, 0.1) is 0 Å². The average molecular weight is 253 g/mol. The van der Waals surface area contributed by atoms with Crippen molar-refractivity contribution in [2.24, 2.45) is 5.73 Å². The van der Waals surface area contributed by atoms with Crippen molar-refractivity contribution in [3.63, 3.8) is 0 Å². The van der Waals surface area contributed by atoms with Gasteiger partial charge in [-0.2, -0.15) is 0 Å². The number of carbonyl (C=O) groups excluding carboxylic acids is 1. The summed E-state index contributed by atoms with van der Waals surface area (Å²) in [6.45, 7) is 5.64. The van der Waals surface area contributed by atoms with Gasteiger partial charge < -0.3 is 16.0 Å². The first-order valence-corrected chi connectivity index (χ1v) is 6.11. The van der Waals surface area contributed by atoms with Crippen LogP contribution in [-0.4, -0.2) is 31.6 Å². The van der Waals surface area contributed by atoms with Gasteiger partial charge in [0.15, 0.2) is 0 Å². The van der Waals surface area contributed by atoms with Crippen molar-refractivity contribution in [1.29, 1.82) is 0 Å². The van der Waals surface area contributed by atoms with Gasteiger partial charge in [-0.3, -0.25) is 4.79 Å². The fraction of sp³-hybridized carbons (Fsp3) is 0.462. The van der Waals surface area contributed by atoms with Crippen LogP contribution in [0.1, 0.15) is 13.8 Å². The highest BCUT2D eigenvalue weighted by Crippen LogP contribution is 2.15. The Balaban J connectivity index is 2.80. The quantitative estimate of drug-likeness (QED) is 0.765. The second kappa shape index (κ2) is 6.96. The second-order valence-electron chi connectivity index (χ2n) is 4.03. The first-order chi connectivity index (χ1) is 8.58. The van der Waals surface area contributed by atoms with E-state index in [9.17, 15) is 9.18 Å². The summed E-state index contributed by atoms with van der Waals surface area (Å²) in [5.74, 6) is -0.684. The number of carbonyl (C=O) groups is 1. The van der Waals surface area contributed by atoms with Gasteiger partial charge >= 0.3 is 0 Å². The van der Waals surface area contributed by atoms with Gasteiger partial charge in [-0.15, -0.1) is 0 Å². The van der Waals surface area contributed by atoms with Gasteiger partial charge in [-0.25, -0.2) is 4.39 Å². The lowest BCUT2D eigenvalue weighted by atomic mass is 10.2. The van der Waals surface area contributed by atoms with Crippen molar-refractivity contribution >= 4 is 11.6 Å². The molecule has 0 saturated carbocycles. The molecule has 0 heterocycles. The third-order valence-electron chi connectivity index (χ3n) is 2.75. The maximum Gasteiger partial charge on any atom is 0.236 e. The topological polar surface area (TPSA) is 58.4 Å². The van der Waals surface area contributed by atoms with Crippen molar-refractivity contribution in [3.8, 4) is 0 Å². The molecule has 0 aliphatic heterocycles. The third-order valence-corrected chi connectivity index (χ3v) is 2.75. The summed E-state index contributed by atoms with van der Waals surface area (Å²) in [5.41, 5.74) is 6.08. The molecule has 0 aliphatic carbocycles. The first kappa shape index (κ1) is 14.4. The fourth-order valence-corrected chi connectivity index (χ4v) is 1.81. The summed E-state index contributed by atoms with van der Waals surface area (Å²) in [6.07, 6.45) is 0. The Morgan fingerprint density at radius 3 is 2.72 bits per heavy atom. The van der Waals surface area contributed by atoms with E-state index in [1.54, 1.807) is 6.07 Å². The van der Waals surface area contributed by atoms with Gasteiger partial charge in [-0.1, -0.05) is 13.0 Å². The highest BCUT2D eigenvalue weighted by atomic mass is 19.1. The van der Waals surface area contributed by atoms with E-state index >= 15 is 0 Å². The van der Waals surface area contributed by atoms with Crippen LogP contribution in [0.3, 0.4) is 0 Å². The average Bonchev–Trinajstić information content (AvgIpc) is 2.34. The highest BCUT2D eigenvalue weighted by Gasteiger charge is 2.17. The van der Waals surface area contributed by atoms with Gasteiger partial charge in [0.1, 0.15) is 11.9 Å². The number of nitrogens with one attached hydrogen (secondary N) is 1. The molecule has 0 spiro atoms. The van der Waals surface area contributed by atoms with Crippen molar-refractivity contribution in [3.05, 3.63) is 30.1 Å². The molecule has 0 aromatic heterocycles. The van der Waals surface area contributed by atoms with E-state index < -0.39 is 11.9 Å². The molecule has 100 valence electrons. The Labute approximate surface area is 107 Å². The molecule has 0 fully saturated rings. The van der Waals surface area contributed by atoms with Crippen LogP contribution in [0.4, 0.5) is 10.1 Å². The molecular formula is C13H20FN3O. The smallest absolute Gasteiger partial charge is 0.236 e. The first-order valence-electron chi connectivity index (χ1n) is 6.11. The minimum Gasteiger partial charge on any atom is -0.370 e. The molecule has 18 heavy (non-hydrogen) atoms. The number of benzene rings is 1. The zero-order valence-electron chi connectivity index (χ0n) is 10.8. The molecule has 0 radical (unpaired) electrons. The summed E-state index contributed by atoms with van der Waals surface area (Å²) in [6, 6.07) is 5.88. The predicted molar refractivity (Wildman–Crippen MR) is 70.9 cm³/mol. The van der Waals surface area contributed by atoms with Crippen molar-refractivity contribution in [1.82, 2.24) is 5.32 Å². The summed E-state index contributed by atoms with van der Waals surface area (Å²) in [4.78, 5) is 13.2. The molecule has 0 bridgehead atoms. The Morgan fingerprint density at radius 1 is 1.50 bits per heavy atom. The van der Waals surface area contributed by atoms with Crippen LogP contribution in [0.2, 0.25) is 0 Å². The van der Waals surface area contributed by atoms with Crippen LogP contribution in [-0.2, 0) is 4.79 Å². The van der Waals surface area contributed by atoms with Crippen molar-refractivity contribution in [2.75, 3.05) is 24.5 Å². The Hall–Kier alpha value is -1.62. The van der Waals surface area contributed by atoms with Gasteiger partial charge in [-0.05, 0) is 31.7 Å². The number of amides is 1. The van der Waals surface area contributed by atoms with E-state index in [-0.39, 0.29) is 5.82 Å². The summed E-state index contributed by atoms with van der Waals surface area (Å²) < 4.78 is 13.2. The number of nitrogens with zero attached hydrogens (tertiary/aromatic N) is 1. The molecule has 0 saturated heterocycles. The summed E-state index contributed by atoms with van der Waals surface area (Å²) >= 11 is 0. The largest absolute Gasteiger partial charge is 0.370 e. The van der Waals surface area contributed by atoms with E-state index in [1.165, 1.54) is 12.1 Å². The lowest BCUT2D eigenvalue weighted by Gasteiger charge is -2.27. The molecule has 3 N–H and O–H groups in total. The molecule has 4 nitrogen and oxygen atoms in total. The van der Waals surface area contributed by atoms with Crippen LogP contribution in [0, 0.1) is 5.82 Å². The molecule has 1 rings (SSSR count). The molecule has 5 heteroatoms. The maximum atomic E-state index is 13.2. The van der Waals surface area contributed by atoms with Gasteiger partial charge in [0, 0.05) is 18.8 Å². The zero-order chi connectivity index (χ0) is 13.5. The number of nitrogens with two attached hydrogens (primary N) is 1. The van der Waals surface area contributed by atoms with Crippen LogP contribution in [0.15, 0.2) is 24.3 Å². The maximum absolute atomic E-state index is 13.2. The molecule has 0 aliphatic rings. The van der Waals surface area contributed by atoms with E-state index in [1.807, 2.05) is 24.8 Å². The van der Waals surface area contributed by atoms with E-state index in [0.29, 0.717) is 19.6 Å². The molecule has 1 unspecified atom stereocenters. The number of halogens is 1. The standard InChI is InChI=1S/C13H20FN3O/c1-3-16-12(13(15)18)9-17(4-2)11-7-5-6-10(14)8-11/h5-8,12,16H,3-4,9H2,1-2H3,(H2,15,18). The Kier molecular flexibility index (Phi) is 5.58. The number of hydrogen-bond acceptors (Lipinski definition) is 3. The Bertz CT molecular complexity index is 398. The minimum absolute atomic E-state index is 0.287. The van der Waals surface area contributed by atoms with Gasteiger partial charge in [0.25, 0.3) is 0 Å². The Morgan fingerprint density at radius 2 is 2.22 bits per heavy atom. The number of anilines is 1.